The lowest BCUT2D eigenvalue weighted by molar-refractivity contribution is -0.115. The Kier molecular flexibility index (Phi) is 6.53. The molecule has 2 aromatic carbocycles. The van der Waals surface area contributed by atoms with Crippen molar-refractivity contribution in [2.75, 3.05) is 17.7 Å². The number of hydrogen-bond acceptors (Lipinski definition) is 7. The average Bonchev–Trinajstić information content (AvgIpc) is 3.11. The number of ether oxygens (including phenoxy) is 1. The van der Waals surface area contributed by atoms with Crippen molar-refractivity contribution in [1.82, 2.24) is 10.2 Å². The number of aromatic nitrogens is 2. The maximum atomic E-state index is 12.5. The van der Waals surface area contributed by atoms with Crippen LogP contribution in [0.4, 0.5) is 16.5 Å². The molecule has 0 radical (unpaired) electrons. The van der Waals surface area contributed by atoms with Gasteiger partial charge in [0.1, 0.15) is 5.75 Å². The third kappa shape index (κ3) is 5.02. The van der Waals surface area contributed by atoms with Crippen LogP contribution in [-0.4, -0.2) is 28.5 Å². The molecule has 0 saturated carbocycles. The molecule has 3 aromatic rings. The van der Waals surface area contributed by atoms with Crippen LogP contribution in [0, 0.1) is 13.8 Å². The second-order valence-electron chi connectivity index (χ2n) is 6.27. The van der Waals surface area contributed by atoms with Crippen LogP contribution in [0.3, 0.4) is 0 Å². The van der Waals surface area contributed by atoms with Gasteiger partial charge in [0, 0.05) is 5.69 Å². The normalized spacial score (nSPS) is 11.7. The van der Waals surface area contributed by atoms with Gasteiger partial charge in [-0.05, 0) is 44.5 Å². The summed E-state index contributed by atoms with van der Waals surface area (Å²) in [4.78, 5) is 12.5. The van der Waals surface area contributed by atoms with Gasteiger partial charge >= 0.3 is 0 Å². The van der Waals surface area contributed by atoms with Gasteiger partial charge in [-0.25, -0.2) is 0 Å². The van der Waals surface area contributed by atoms with Crippen molar-refractivity contribution < 1.29 is 9.53 Å². The Morgan fingerprint density at radius 3 is 2.68 bits per heavy atom. The number of hydrogen-bond donors (Lipinski definition) is 2. The Bertz CT molecular complexity index is 974. The molecule has 2 N–H and O–H groups in total. The van der Waals surface area contributed by atoms with E-state index < -0.39 is 0 Å². The smallest absolute Gasteiger partial charge is 0.237 e. The van der Waals surface area contributed by atoms with Gasteiger partial charge in [0.25, 0.3) is 0 Å². The first kappa shape index (κ1) is 20.2. The highest BCUT2D eigenvalue weighted by molar-refractivity contribution is 8.02. The van der Waals surface area contributed by atoms with Crippen LogP contribution in [0.2, 0.25) is 0 Å². The van der Waals surface area contributed by atoms with E-state index in [-0.39, 0.29) is 11.2 Å². The largest absolute Gasteiger partial charge is 0.495 e. The molecule has 6 nitrogen and oxygen atoms in total. The zero-order valence-corrected chi connectivity index (χ0v) is 17.8. The number of para-hydroxylation sites is 2. The molecule has 1 heterocycles. The molecule has 1 atom stereocenters. The van der Waals surface area contributed by atoms with Crippen LogP contribution >= 0.6 is 23.1 Å². The fourth-order valence-corrected chi connectivity index (χ4v) is 4.47. The minimum absolute atomic E-state index is 0.117. The van der Waals surface area contributed by atoms with Gasteiger partial charge in [0.15, 0.2) is 4.34 Å². The third-order valence-corrected chi connectivity index (χ3v) is 6.06. The van der Waals surface area contributed by atoms with E-state index in [1.165, 1.54) is 28.7 Å². The Hall–Kier alpha value is -2.58. The lowest BCUT2D eigenvalue weighted by Crippen LogP contribution is -2.22. The highest BCUT2D eigenvalue weighted by atomic mass is 32.2. The van der Waals surface area contributed by atoms with Crippen LogP contribution < -0.4 is 15.4 Å². The molecule has 0 unspecified atom stereocenters. The first-order valence-corrected chi connectivity index (χ1v) is 10.4. The highest BCUT2D eigenvalue weighted by Crippen LogP contribution is 2.32. The predicted octanol–water partition coefficient (Wildman–Crippen LogP) is 5.03. The van der Waals surface area contributed by atoms with Crippen molar-refractivity contribution in [3.8, 4) is 5.75 Å². The fourth-order valence-electron chi connectivity index (χ4n) is 2.56. The molecule has 28 heavy (non-hydrogen) atoms. The van der Waals surface area contributed by atoms with Crippen LogP contribution in [0.15, 0.2) is 46.8 Å². The van der Waals surface area contributed by atoms with Crippen molar-refractivity contribution in [3.05, 3.63) is 53.6 Å². The van der Waals surface area contributed by atoms with Gasteiger partial charge in [-0.3, -0.25) is 4.79 Å². The monoisotopic (exact) mass is 414 g/mol. The topological polar surface area (TPSA) is 76.1 Å². The molecule has 0 fully saturated rings. The quantitative estimate of drug-likeness (QED) is 0.528. The van der Waals surface area contributed by atoms with Crippen molar-refractivity contribution >= 4 is 45.5 Å². The fraction of sp³-hybridized carbons (Fsp3) is 0.250. The van der Waals surface area contributed by atoms with Crippen molar-refractivity contribution in [3.63, 3.8) is 0 Å². The Morgan fingerprint density at radius 1 is 1.14 bits per heavy atom. The SMILES string of the molecule is COc1ccccc1NC(=O)[C@@H](C)Sc1nnc(Nc2ccc(C)cc2C)s1. The molecular weight excluding hydrogens is 392 g/mol. The second-order valence-corrected chi connectivity index (χ2v) is 8.83. The van der Waals surface area contributed by atoms with E-state index in [1.54, 1.807) is 7.11 Å². The molecule has 0 saturated heterocycles. The van der Waals surface area contributed by atoms with E-state index in [1.807, 2.05) is 37.3 Å². The van der Waals surface area contributed by atoms with Gasteiger partial charge in [0.2, 0.25) is 11.0 Å². The number of methoxy groups -OCH3 is 1. The van der Waals surface area contributed by atoms with Gasteiger partial charge < -0.3 is 15.4 Å². The number of nitrogens with one attached hydrogen (secondary N) is 2. The molecule has 0 spiro atoms. The molecule has 0 aliphatic heterocycles. The van der Waals surface area contributed by atoms with Crippen molar-refractivity contribution in [2.45, 2.75) is 30.4 Å². The number of carbonyl (C=O) groups is 1. The van der Waals surface area contributed by atoms with Crippen LogP contribution in [0.25, 0.3) is 0 Å². The summed E-state index contributed by atoms with van der Waals surface area (Å²) in [6.07, 6.45) is 0. The summed E-state index contributed by atoms with van der Waals surface area (Å²) in [6.45, 7) is 5.96. The van der Waals surface area contributed by atoms with Crippen molar-refractivity contribution in [2.24, 2.45) is 0 Å². The molecule has 3 rings (SSSR count). The van der Waals surface area contributed by atoms with Crippen LogP contribution in [-0.2, 0) is 4.79 Å². The number of carbonyl (C=O) groups excluding carboxylic acids is 1. The molecule has 1 aromatic heterocycles. The molecule has 1 amide bonds. The average molecular weight is 415 g/mol. The third-order valence-electron chi connectivity index (χ3n) is 4.04. The summed E-state index contributed by atoms with van der Waals surface area (Å²) in [5.74, 6) is 0.512. The van der Waals surface area contributed by atoms with Crippen LogP contribution in [0.5, 0.6) is 5.75 Å². The van der Waals surface area contributed by atoms with E-state index in [0.29, 0.717) is 16.6 Å². The summed E-state index contributed by atoms with van der Waals surface area (Å²) in [5.41, 5.74) is 4.01. The van der Waals surface area contributed by atoms with Gasteiger partial charge in [-0.1, -0.05) is 52.9 Å². The summed E-state index contributed by atoms with van der Waals surface area (Å²) >= 11 is 2.80. The maximum absolute atomic E-state index is 12.5. The predicted molar refractivity (Wildman–Crippen MR) is 116 cm³/mol. The second kappa shape index (κ2) is 9.07. The number of aryl methyl sites for hydroxylation is 2. The molecule has 0 aliphatic carbocycles. The number of benzene rings is 2. The number of anilines is 3. The summed E-state index contributed by atoms with van der Waals surface area (Å²) in [5, 5.41) is 14.9. The van der Waals surface area contributed by atoms with E-state index >= 15 is 0 Å². The van der Waals surface area contributed by atoms with Crippen LogP contribution in [0.1, 0.15) is 18.1 Å². The lowest BCUT2D eigenvalue weighted by Gasteiger charge is -2.12. The first-order chi connectivity index (χ1) is 13.5. The van der Waals surface area contributed by atoms with Gasteiger partial charge in [-0.2, -0.15) is 0 Å². The van der Waals surface area contributed by atoms with Gasteiger partial charge in [0.05, 0.1) is 18.0 Å². The Balaban J connectivity index is 1.61. The molecular formula is C20H22N4O2S2. The van der Waals surface area contributed by atoms with Crippen molar-refractivity contribution in [1.29, 1.82) is 0 Å². The molecule has 0 aliphatic rings. The number of amides is 1. The Morgan fingerprint density at radius 2 is 1.93 bits per heavy atom. The lowest BCUT2D eigenvalue weighted by atomic mass is 10.1. The summed E-state index contributed by atoms with van der Waals surface area (Å²) < 4.78 is 6.00. The molecule has 146 valence electrons. The maximum Gasteiger partial charge on any atom is 0.237 e. The summed E-state index contributed by atoms with van der Waals surface area (Å²) in [6, 6.07) is 13.5. The van der Waals surface area contributed by atoms with E-state index in [0.717, 1.165) is 15.6 Å². The van der Waals surface area contributed by atoms with E-state index in [2.05, 4.69) is 46.8 Å². The van der Waals surface area contributed by atoms with E-state index in [9.17, 15) is 4.79 Å². The standard InChI is InChI=1S/C20H22N4O2S2/c1-12-9-10-15(13(2)11-12)22-19-23-24-20(28-19)27-14(3)18(25)21-16-7-5-6-8-17(16)26-4/h5-11,14H,1-4H3,(H,21,25)(H,22,23)/t14-/m1/s1. The molecule has 0 bridgehead atoms. The Labute approximate surface area is 172 Å². The first-order valence-electron chi connectivity index (χ1n) is 8.74. The number of rotatable bonds is 7. The zero-order chi connectivity index (χ0) is 20.1. The van der Waals surface area contributed by atoms with Gasteiger partial charge in [-0.15, -0.1) is 10.2 Å². The number of nitrogens with zero attached hydrogens (tertiary/aromatic N) is 2. The number of thioether (sulfide) groups is 1. The summed E-state index contributed by atoms with van der Waals surface area (Å²) in [7, 11) is 1.58. The molecule has 8 heteroatoms. The van der Waals surface area contributed by atoms with E-state index in [4.69, 9.17) is 4.74 Å². The minimum atomic E-state index is -0.327. The zero-order valence-electron chi connectivity index (χ0n) is 16.1. The minimum Gasteiger partial charge on any atom is -0.495 e. The highest BCUT2D eigenvalue weighted by Gasteiger charge is 2.18.